The lowest BCUT2D eigenvalue weighted by Crippen LogP contribution is -2.55. The molecule has 3 aliphatic rings. The van der Waals surface area contributed by atoms with Crippen LogP contribution in [0.25, 0.3) is 10.8 Å². The van der Waals surface area contributed by atoms with E-state index in [1.807, 2.05) is 56.3 Å². The van der Waals surface area contributed by atoms with E-state index in [1.165, 1.54) is 4.90 Å². The SMILES string of the molecule is CCCNC(=O)[C@H]1[C@H]2C(=O)N([C@H](C)CO)C(C(=O)Nc3ccc4ccccc4c3)C23CC[C@]1(CC)O3. The first kappa shape index (κ1) is 24.7. The number of carbonyl (C=O) groups is 3. The molecule has 1 spiro atoms. The lowest BCUT2D eigenvalue weighted by molar-refractivity contribution is -0.148. The summed E-state index contributed by atoms with van der Waals surface area (Å²) in [4.78, 5) is 42.7. The van der Waals surface area contributed by atoms with Gasteiger partial charge in [-0.1, -0.05) is 44.2 Å². The molecule has 3 saturated heterocycles. The van der Waals surface area contributed by atoms with Crippen molar-refractivity contribution in [2.45, 2.75) is 69.7 Å². The summed E-state index contributed by atoms with van der Waals surface area (Å²) in [6.45, 7) is 5.90. The Labute approximate surface area is 211 Å². The quantitative estimate of drug-likeness (QED) is 0.524. The number of nitrogens with zero attached hydrogens (tertiary/aromatic N) is 1. The Hall–Kier alpha value is -2.97. The van der Waals surface area contributed by atoms with Gasteiger partial charge >= 0.3 is 0 Å². The Kier molecular flexibility index (Phi) is 6.29. The van der Waals surface area contributed by atoms with Crippen molar-refractivity contribution in [1.29, 1.82) is 0 Å². The Morgan fingerprint density at radius 2 is 1.89 bits per heavy atom. The predicted octanol–water partition coefficient (Wildman–Crippen LogP) is 2.84. The molecule has 2 unspecified atom stereocenters. The highest BCUT2D eigenvalue weighted by Gasteiger charge is 2.78. The molecule has 0 saturated carbocycles. The van der Waals surface area contributed by atoms with Crippen molar-refractivity contribution >= 4 is 34.2 Å². The van der Waals surface area contributed by atoms with Crippen molar-refractivity contribution < 1.29 is 24.2 Å². The zero-order valence-electron chi connectivity index (χ0n) is 21.1. The molecular formula is C28H35N3O5. The van der Waals surface area contributed by atoms with E-state index >= 15 is 0 Å². The van der Waals surface area contributed by atoms with Crippen LogP contribution in [-0.2, 0) is 19.1 Å². The molecule has 2 bridgehead atoms. The number of hydrogen-bond acceptors (Lipinski definition) is 5. The first-order valence-corrected chi connectivity index (χ1v) is 13.0. The summed E-state index contributed by atoms with van der Waals surface area (Å²) in [6, 6.07) is 12.0. The fourth-order valence-electron chi connectivity index (χ4n) is 6.75. The number of benzene rings is 2. The van der Waals surface area contributed by atoms with Crippen LogP contribution in [0.5, 0.6) is 0 Å². The summed E-state index contributed by atoms with van der Waals surface area (Å²) in [5, 5.41) is 18.0. The van der Waals surface area contributed by atoms with Gasteiger partial charge in [-0.2, -0.15) is 0 Å². The third-order valence-corrected chi connectivity index (χ3v) is 8.45. The maximum Gasteiger partial charge on any atom is 0.250 e. The molecule has 5 rings (SSSR count). The van der Waals surface area contributed by atoms with Crippen LogP contribution in [0.3, 0.4) is 0 Å². The molecule has 3 fully saturated rings. The number of nitrogens with one attached hydrogen (secondary N) is 2. The maximum absolute atomic E-state index is 13.9. The number of aliphatic hydroxyl groups excluding tert-OH is 1. The van der Waals surface area contributed by atoms with Gasteiger partial charge in [0.05, 0.1) is 30.1 Å². The van der Waals surface area contributed by atoms with Gasteiger partial charge in [-0.05, 0) is 55.5 Å². The number of amides is 3. The Balaban J connectivity index is 1.53. The first-order chi connectivity index (χ1) is 17.3. The van der Waals surface area contributed by atoms with Gasteiger partial charge in [0.15, 0.2) is 0 Å². The zero-order chi connectivity index (χ0) is 25.7. The lowest BCUT2D eigenvalue weighted by Gasteiger charge is -2.36. The largest absolute Gasteiger partial charge is 0.394 e. The van der Waals surface area contributed by atoms with E-state index in [-0.39, 0.29) is 24.3 Å². The van der Waals surface area contributed by atoms with Crippen molar-refractivity contribution in [3.05, 3.63) is 42.5 Å². The van der Waals surface area contributed by atoms with Crippen LogP contribution < -0.4 is 10.6 Å². The van der Waals surface area contributed by atoms with Crippen LogP contribution in [0.1, 0.15) is 46.5 Å². The zero-order valence-corrected chi connectivity index (χ0v) is 21.1. The number of ether oxygens (including phenoxy) is 1. The number of likely N-dealkylation sites (tertiary alicyclic amines) is 1. The molecule has 0 aliphatic carbocycles. The molecule has 192 valence electrons. The van der Waals surface area contributed by atoms with Crippen molar-refractivity contribution in [1.82, 2.24) is 10.2 Å². The number of anilines is 1. The molecular weight excluding hydrogens is 458 g/mol. The smallest absolute Gasteiger partial charge is 0.250 e. The number of carbonyl (C=O) groups excluding carboxylic acids is 3. The second-order valence-electron chi connectivity index (χ2n) is 10.5. The van der Waals surface area contributed by atoms with Crippen LogP contribution in [-0.4, -0.2) is 64.2 Å². The normalized spacial score (nSPS) is 31.5. The molecule has 8 nitrogen and oxygen atoms in total. The molecule has 0 radical (unpaired) electrons. The monoisotopic (exact) mass is 493 g/mol. The van der Waals surface area contributed by atoms with E-state index < -0.39 is 35.1 Å². The molecule has 8 heteroatoms. The fourth-order valence-corrected chi connectivity index (χ4v) is 6.75. The molecule has 2 aromatic rings. The number of rotatable bonds is 8. The van der Waals surface area contributed by atoms with Gasteiger partial charge in [0, 0.05) is 12.2 Å². The highest BCUT2D eigenvalue weighted by molar-refractivity contribution is 6.04. The third-order valence-electron chi connectivity index (χ3n) is 8.45. The van der Waals surface area contributed by atoms with E-state index in [1.54, 1.807) is 6.92 Å². The van der Waals surface area contributed by atoms with Gasteiger partial charge in [0.25, 0.3) is 0 Å². The van der Waals surface area contributed by atoms with Crippen LogP contribution in [0, 0.1) is 11.8 Å². The topological polar surface area (TPSA) is 108 Å². The molecule has 0 aromatic heterocycles. The average Bonchev–Trinajstić information content (AvgIpc) is 3.50. The molecule has 3 heterocycles. The van der Waals surface area contributed by atoms with Crippen molar-refractivity contribution in [3.8, 4) is 0 Å². The summed E-state index contributed by atoms with van der Waals surface area (Å²) in [6.07, 6.45) is 2.49. The van der Waals surface area contributed by atoms with E-state index in [4.69, 9.17) is 4.74 Å². The van der Waals surface area contributed by atoms with E-state index in [0.717, 1.165) is 17.2 Å². The molecule has 6 atom stereocenters. The third kappa shape index (κ3) is 3.53. The summed E-state index contributed by atoms with van der Waals surface area (Å²) >= 11 is 0. The predicted molar refractivity (Wildman–Crippen MR) is 136 cm³/mol. The second kappa shape index (κ2) is 9.16. The molecule has 3 aliphatic heterocycles. The molecule has 3 amide bonds. The second-order valence-corrected chi connectivity index (χ2v) is 10.5. The summed E-state index contributed by atoms with van der Waals surface area (Å²) in [5.41, 5.74) is -1.25. The molecule has 3 N–H and O–H groups in total. The highest BCUT2D eigenvalue weighted by atomic mass is 16.5. The standard InChI is InChI=1S/C28H35N3O5/c1-4-14-29-24(33)21-22-26(35)31(17(3)16-32)23(28(22)13-12-27(21,5-2)36-28)25(34)30-20-11-10-18-8-6-7-9-19(18)15-20/h6-11,15,17,21-23,32H,4-5,12-14,16H2,1-3H3,(H,29,33)(H,30,34)/t17-,21-,22+,23?,27+,28?/m1/s1. The van der Waals surface area contributed by atoms with Crippen molar-refractivity contribution in [2.24, 2.45) is 11.8 Å². The van der Waals surface area contributed by atoms with Crippen LogP contribution in [0.4, 0.5) is 5.69 Å². The minimum absolute atomic E-state index is 0.189. The Morgan fingerprint density at radius 1 is 1.14 bits per heavy atom. The van der Waals surface area contributed by atoms with Gasteiger partial charge in [0.1, 0.15) is 11.6 Å². The Bertz CT molecular complexity index is 1200. The van der Waals surface area contributed by atoms with Crippen LogP contribution in [0.15, 0.2) is 42.5 Å². The van der Waals surface area contributed by atoms with Crippen molar-refractivity contribution in [2.75, 3.05) is 18.5 Å². The van der Waals surface area contributed by atoms with Crippen LogP contribution in [0.2, 0.25) is 0 Å². The lowest BCUT2D eigenvalue weighted by atomic mass is 9.65. The van der Waals surface area contributed by atoms with Gasteiger partial charge < -0.3 is 25.4 Å². The number of aliphatic hydroxyl groups is 1. The Morgan fingerprint density at radius 3 is 2.58 bits per heavy atom. The van der Waals surface area contributed by atoms with Gasteiger partial charge in [-0.25, -0.2) is 0 Å². The van der Waals surface area contributed by atoms with E-state index in [0.29, 0.717) is 31.5 Å². The maximum atomic E-state index is 13.9. The summed E-state index contributed by atoms with van der Waals surface area (Å²) < 4.78 is 6.71. The summed E-state index contributed by atoms with van der Waals surface area (Å²) in [7, 11) is 0. The fraction of sp³-hybridized carbons (Fsp3) is 0.536. The van der Waals surface area contributed by atoms with Gasteiger partial charge in [0.2, 0.25) is 17.7 Å². The first-order valence-electron chi connectivity index (χ1n) is 13.0. The van der Waals surface area contributed by atoms with E-state index in [9.17, 15) is 19.5 Å². The highest BCUT2D eigenvalue weighted by Crippen LogP contribution is 2.64. The van der Waals surface area contributed by atoms with E-state index in [2.05, 4.69) is 10.6 Å². The summed E-state index contributed by atoms with van der Waals surface area (Å²) in [5.74, 6) is -2.26. The van der Waals surface area contributed by atoms with Crippen LogP contribution >= 0.6 is 0 Å². The average molecular weight is 494 g/mol. The molecule has 36 heavy (non-hydrogen) atoms. The van der Waals surface area contributed by atoms with Crippen molar-refractivity contribution in [3.63, 3.8) is 0 Å². The number of hydrogen-bond donors (Lipinski definition) is 3. The molecule has 2 aromatic carbocycles. The minimum atomic E-state index is -1.11. The van der Waals surface area contributed by atoms with Gasteiger partial charge in [-0.15, -0.1) is 0 Å². The minimum Gasteiger partial charge on any atom is -0.394 e. The van der Waals surface area contributed by atoms with Gasteiger partial charge in [-0.3, -0.25) is 14.4 Å². The number of fused-ring (bicyclic) bond motifs is 2.